The van der Waals surface area contributed by atoms with Gasteiger partial charge in [-0.05, 0) is 31.2 Å². The molecule has 1 fully saturated rings. The molecular weight excluding hydrogens is 290 g/mol. The van der Waals surface area contributed by atoms with Crippen LogP contribution in [-0.4, -0.2) is 43.9 Å². The van der Waals surface area contributed by atoms with Crippen molar-refractivity contribution in [3.63, 3.8) is 0 Å². The van der Waals surface area contributed by atoms with Crippen LogP contribution in [0.4, 0.5) is 5.82 Å². The highest BCUT2D eigenvalue weighted by molar-refractivity contribution is 7.89. The van der Waals surface area contributed by atoms with E-state index in [1.807, 2.05) is 18.2 Å². The lowest BCUT2D eigenvalue weighted by Crippen LogP contribution is -2.48. The fourth-order valence-electron chi connectivity index (χ4n) is 2.38. The standard InChI is InChI=1S/C14H17N3O3S/c1-12-5-6-14(20-12)21(18,19)17-10-8-16(9-11-17)13-4-2-3-7-15-13/h2-7H,8-11H2,1H3. The van der Waals surface area contributed by atoms with Crippen LogP contribution in [0.15, 0.2) is 46.0 Å². The van der Waals surface area contributed by atoms with Gasteiger partial charge in [0, 0.05) is 32.4 Å². The summed E-state index contributed by atoms with van der Waals surface area (Å²) in [5, 5.41) is 0.0197. The molecule has 0 unspecified atom stereocenters. The van der Waals surface area contributed by atoms with Gasteiger partial charge in [-0.15, -0.1) is 0 Å². The molecule has 7 heteroatoms. The number of piperazine rings is 1. The van der Waals surface area contributed by atoms with Gasteiger partial charge in [0.2, 0.25) is 5.09 Å². The second-order valence-electron chi connectivity index (χ2n) is 4.94. The topological polar surface area (TPSA) is 66.7 Å². The molecule has 0 spiro atoms. The average molecular weight is 307 g/mol. The van der Waals surface area contributed by atoms with E-state index >= 15 is 0 Å². The van der Waals surface area contributed by atoms with E-state index in [2.05, 4.69) is 9.88 Å². The molecule has 112 valence electrons. The number of aromatic nitrogens is 1. The van der Waals surface area contributed by atoms with Gasteiger partial charge in [0.05, 0.1) is 0 Å². The van der Waals surface area contributed by atoms with Crippen LogP contribution in [0.5, 0.6) is 0 Å². The van der Waals surface area contributed by atoms with Gasteiger partial charge in [-0.1, -0.05) is 6.07 Å². The van der Waals surface area contributed by atoms with Crippen molar-refractivity contribution < 1.29 is 12.8 Å². The quantitative estimate of drug-likeness (QED) is 0.859. The average Bonchev–Trinajstić information content (AvgIpc) is 2.96. The van der Waals surface area contributed by atoms with Gasteiger partial charge in [0.1, 0.15) is 11.6 Å². The number of sulfonamides is 1. The molecule has 6 nitrogen and oxygen atoms in total. The fraction of sp³-hybridized carbons (Fsp3) is 0.357. The molecule has 2 aromatic rings. The number of pyridine rings is 1. The second-order valence-corrected chi connectivity index (χ2v) is 6.81. The molecule has 3 heterocycles. The van der Waals surface area contributed by atoms with Gasteiger partial charge in [0.25, 0.3) is 10.0 Å². The number of nitrogens with zero attached hydrogens (tertiary/aromatic N) is 3. The third-order valence-electron chi connectivity index (χ3n) is 3.52. The molecule has 3 rings (SSSR count). The molecule has 1 saturated heterocycles. The zero-order valence-corrected chi connectivity index (χ0v) is 12.6. The molecular formula is C14H17N3O3S. The SMILES string of the molecule is Cc1ccc(S(=O)(=O)N2CCN(c3ccccn3)CC2)o1. The Morgan fingerprint density at radius 3 is 2.43 bits per heavy atom. The molecule has 0 amide bonds. The molecule has 1 aliphatic heterocycles. The van der Waals surface area contributed by atoms with Gasteiger partial charge in [-0.3, -0.25) is 0 Å². The first-order valence-electron chi connectivity index (χ1n) is 6.80. The molecule has 0 saturated carbocycles. The predicted molar refractivity (Wildman–Crippen MR) is 78.7 cm³/mol. The van der Waals surface area contributed by atoms with Crippen LogP contribution in [0.1, 0.15) is 5.76 Å². The number of aryl methyl sites for hydroxylation is 1. The molecule has 0 N–H and O–H groups in total. The van der Waals surface area contributed by atoms with E-state index in [9.17, 15) is 8.42 Å². The van der Waals surface area contributed by atoms with E-state index in [1.165, 1.54) is 10.4 Å². The molecule has 0 bridgehead atoms. The third-order valence-corrected chi connectivity index (χ3v) is 5.29. The van der Waals surface area contributed by atoms with Crippen molar-refractivity contribution in [2.24, 2.45) is 0 Å². The number of anilines is 1. The normalized spacial score (nSPS) is 17.1. The zero-order valence-electron chi connectivity index (χ0n) is 11.8. The van der Waals surface area contributed by atoms with E-state index in [4.69, 9.17) is 4.42 Å². The number of furan rings is 1. The lowest BCUT2D eigenvalue weighted by Gasteiger charge is -2.34. The molecule has 0 radical (unpaired) electrons. The fourth-order valence-corrected chi connectivity index (χ4v) is 3.75. The Morgan fingerprint density at radius 1 is 1.10 bits per heavy atom. The first-order valence-corrected chi connectivity index (χ1v) is 8.24. The minimum absolute atomic E-state index is 0.0197. The second kappa shape index (κ2) is 5.50. The Hall–Kier alpha value is -1.86. The lowest BCUT2D eigenvalue weighted by atomic mass is 10.3. The van der Waals surface area contributed by atoms with Gasteiger partial charge in [0.15, 0.2) is 0 Å². The van der Waals surface area contributed by atoms with E-state index in [0.29, 0.717) is 31.9 Å². The highest BCUT2D eigenvalue weighted by atomic mass is 32.2. The molecule has 0 aromatic carbocycles. The van der Waals surface area contributed by atoms with E-state index in [-0.39, 0.29) is 5.09 Å². The van der Waals surface area contributed by atoms with Crippen molar-refractivity contribution in [2.45, 2.75) is 12.0 Å². The third kappa shape index (κ3) is 2.79. The summed E-state index contributed by atoms with van der Waals surface area (Å²) in [6.07, 6.45) is 1.74. The number of hydrogen-bond acceptors (Lipinski definition) is 5. The maximum absolute atomic E-state index is 12.4. The van der Waals surface area contributed by atoms with Crippen molar-refractivity contribution >= 4 is 15.8 Å². The van der Waals surface area contributed by atoms with Crippen molar-refractivity contribution in [3.05, 3.63) is 42.3 Å². The summed E-state index contributed by atoms with van der Waals surface area (Å²) in [4.78, 5) is 6.37. The summed E-state index contributed by atoms with van der Waals surface area (Å²) >= 11 is 0. The highest BCUT2D eigenvalue weighted by Gasteiger charge is 2.30. The van der Waals surface area contributed by atoms with Gasteiger partial charge < -0.3 is 9.32 Å². The van der Waals surface area contributed by atoms with Crippen LogP contribution in [0.25, 0.3) is 0 Å². The Kier molecular flexibility index (Phi) is 3.69. The number of hydrogen-bond donors (Lipinski definition) is 0. The zero-order chi connectivity index (χ0) is 14.9. The van der Waals surface area contributed by atoms with Gasteiger partial charge >= 0.3 is 0 Å². The van der Waals surface area contributed by atoms with Crippen LogP contribution in [0, 0.1) is 6.92 Å². The smallest absolute Gasteiger partial charge is 0.276 e. The Balaban J connectivity index is 1.71. The number of rotatable bonds is 3. The Bertz CT molecular complexity index is 704. The van der Waals surface area contributed by atoms with Crippen molar-refractivity contribution in [2.75, 3.05) is 31.1 Å². The van der Waals surface area contributed by atoms with Gasteiger partial charge in [-0.2, -0.15) is 4.31 Å². The van der Waals surface area contributed by atoms with Crippen LogP contribution >= 0.6 is 0 Å². The summed E-state index contributed by atoms with van der Waals surface area (Å²) in [5.74, 6) is 1.48. The van der Waals surface area contributed by atoms with Crippen LogP contribution in [0.3, 0.4) is 0 Å². The van der Waals surface area contributed by atoms with Crippen LogP contribution in [0.2, 0.25) is 0 Å². The maximum Gasteiger partial charge on any atom is 0.276 e. The van der Waals surface area contributed by atoms with Crippen molar-refractivity contribution in [1.82, 2.24) is 9.29 Å². The van der Waals surface area contributed by atoms with E-state index in [0.717, 1.165) is 5.82 Å². The Morgan fingerprint density at radius 2 is 1.86 bits per heavy atom. The lowest BCUT2D eigenvalue weighted by molar-refractivity contribution is 0.356. The molecule has 0 atom stereocenters. The predicted octanol–water partition coefficient (Wildman–Crippen LogP) is 1.49. The van der Waals surface area contributed by atoms with Crippen molar-refractivity contribution in [1.29, 1.82) is 0 Å². The van der Waals surface area contributed by atoms with Crippen LogP contribution < -0.4 is 4.90 Å². The molecule has 2 aromatic heterocycles. The highest BCUT2D eigenvalue weighted by Crippen LogP contribution is 2.21. The molecule has 0 aliphatic carbocycles. The first-order chi connectivity index (χ1) is 10.1. The largest absolute Gasteiger partial charge is 0.449 e. The monoisotopic (exact) mass is 307 g/mol. The Labute approximate surface area is 124 Å². The van der Waals surface area contributed by atoms with E-state index < -0.39 is 10.0 Å². The minimum Gasteiger partial charge on any atom is -0.449 e. The summed E-state index contributed by atoms with van der Waals surface area (Å²) in [5.41, 5.74) is 0. The summed E-state index contributed by atoms with van der Waals surface area (Å²) in [6, 6.07) is 8.90. The minimum atomic E-state index is -3.53. The van der Waals surface area contributed by atoms with Gasteiger partial charge in [-0.25, -0.2) is 13.4 Å². The molecule has 1 aliphatic rings. The van der Waals surface area contributed by atoms with Crippen LogP contribution in [-0.2, 0) is 10.0 Å². The summed E-state index contributed by atoms with van der Waals surface area (Å²) in [6.45, 7) is 3.83. The van der Waals surface area contributed by atoms with Crippen molar-refractivity contribution in [3.8, 4) is 0 Å². The molecule has 21 heavy (non-hydrogen) atoms. The first kappa shape index (κ1) is 14.1. The summed E-state index contributed by atoms with van der Waals surface area (Å²) in [7, 11) is -3.53. The maximum atomic E-state index is 12.4. The summed E-state index contributed by atoms with van der Waals surface area (Å²) < 4.78 is 31.6. The van der Waals surface area contributed by atoms with E-state index in [1.54, 1.807) is 19.2 Å².